The zero-order chi connectivity index (χ0) is 24.4. The summed E-state index contributed by atoms with van der Waals surface area (Å²) in [4.78, 5) is 24.6. The van der Waals surface area contributed by atoms with Crippen molar-refractivity contribution in [1.29, 1.82) is 0 Å². The SMILES string of the molecule is CCCCCC(CCC)COC(=O)CC(C(=O)OCC(CCC)CCCCC)S(=O)(=O)[O-]. The highest BCUT2D eigenvalue weighted by Gasteiger charge is 2.31. The molecule has 0 fully saturated rings. The quantitative estimate of drug-likeness (QED) is 0.132. The molecule has 0 aliphatic rings. The Morgan fingerprint density at radius 1 is 0.719 bits per heavy atom. The van der Waals surface area contributed by atoms with Crippen LogP contribution >= 0.6 is 0 Å². The van der Waals surface area contributed by atoms with Crippen LogP contribution < -0.4 is 0 Å². The van der Waals surface area contributed by atoms with Gasteiger partial charge in [-0.05, 0) is 37.5 Å². The van der Waals surface area contributed by atoms with Crippen molar-refractivity contribution >= 4 is 22.1 Å². The molecule has 8 heteroatoms. The van der Waals surface area contributed by atoms with Crippen molar-refractivity contribution in [2.75, 3.05) is 13.2 Å². The van der Waals surface area contributed by atoms with Crippen LogP contribution in [-0.2, 0) is 29.2 Å². The van der Waals surface area contributed by atoms with Gasteiger partial charge in [-0.2, -0.15) is 0 Å². The van der Waals surface area contributed by atoms with Crippen molar-refractivity contribution in [3.05, 3.63) is 0 Å². The Kier molecular flexibility index (Phi) is 17.6. The fourth-order valence-corrected chi connectivity index (χ4v) is 4.47. The second-order valence-corrected chi connectivity index (χ2v) is 10.4. The van der Waals surface area contributed by atoms with E-state index in [0.717, 1.165) is 77.0 Å². The molecular weight excluding hydrogens is 432 g/mol. The second kappa shape index (κ2) is 18.3. The van der Waals surface area contributed by atoms with Gasteiger partial charge in [-0.3, -0.25) is 9.59 Å². The first-order valence-electron chi connectivity index (χ1n) is 12.5. The molecule has 0 amide bonds. The fraction of sp³-hybridized carbons (Fsp3) is 0.917. The van der Waals surface area contributed by atoms with Gasteiger partial charge < -0.3 is 14.0 Å². The minimum absolute atomic E-state index is 0.0630. The molecule has 7 nitrogen and oxygen atoms in total. The van der Waals surface area contributed by atoms with E-state index in [9.17, 15) is 22.6 Å². The third kappa shape index (κ3) is 14.8. The molecule has 0 aromatic rings. The number of ether oxygens (including phenoxy) is 2. The van der Waals surface area contributed by atoms with Crippen LogP contribution in [0.15, 0.2) is 0 Å². The number of carbonyl (C=O) groups excluding carboxylic acids is 2. The lowest BCUT2D eigenvalue weighted by atomic mass is 9.97. The smallest absolute Gasteiger partial charge is 0.323 e. The lowest BCUT2D eigenvalue weighted by molar-refractivity contribution is -0.151. The normalized spacial score (nSPS) is 14.5. The van der Waals surface area contributed by atoms with E-state index in [1.54, 1.807) is 0 Å². The molecule has 3 atom stereocenters. The molecule has 0 aliphatic carbocycles. The second-order valence-electron chi connectivity index (χ2n) is 8.80. The highest BCUT2D eigenvalue weighted by Crippen LogP contribution is 2.19. The van der Waals surface area contributed by atoms with E-state index in [4.69, 9.17) is 9.47 Å². The summed E-state index contributed by atoms with van der Waals surface area (Å²) in [5, 5.41) is -2.06. The summed E-state index contributed by atoms with van der Waals surface area (Å²) in [6.45, 7) is 8.54. The summed E-state index contributed by atoms with van der Waals surface area (Å²) in [6.07, 6.45) is 11.0. The highest BCUT2D eigenvalue weighted by molar-refractivity contribution is 7.87. The van der Waals surface area contributed by atoms with Crippen LogP contribution in [0.3, 0.4) is 0 Å². The molecular formula is C24H45O7S-. The van der Waals surface area contributed by atoms with Gasteiger partial charge in [-0.15, -0.1) is 0 Å². The van der Waals surface area contributed by atoms with Gasteiger partial charge in [0, 0.05) is 0 Å². The van der Waals surface area contributed by atoms with Gasteiger partial charge >= 0.3 is 11.9 Å². The lowest BCUT2D eigenvalue weighted by Gasteiger charge is -2.22. The molecule has 0 radical (unpaired) electrons. The summed E-state index contributed by atoms with van der Waals surface area (Å²) in [5.74, 6) is -1.68. The van der Waals surface area contributed by atoms with Gasteiger partial charge in [0.15, 0.2) is 5.25 Å². The number of esters is 2. The van der Waals surface area contributed by atoms with Crippen molar-refractivity contribution in [3.63, 3.8) is 0 Å². The number of carbonyl (C=O) groups is 2. The van der Waals surface area contributed by atoms with Crippen LogP contribution in [0.25, 0.3) is 0 Å². The third-order valence-electron chi connectivity index (χ3n) is 5.73. The maximum atomic E-state index is 12.4. The number of rotatable bonds is 20. The van der Waals surface area contributed by atoms with Crippen LogP contribution in [0.4, 0.5) is 0 Å². The summed E-state index contributed by atoms with van der Waals surface area (Å²) in [7, 11) is -5.03. The van der Waals surface area contributed by atoms with Crippen molar-refractivity contribution in [2.24, 2.45) is 11.8 Å². The van der Waals surface area contributed by atoms with E-state index in [2.05, 4.69) is 20.8 Å². The summed E-state index contributed by atoms with van der Waals surface area (Å²) < 4.78 is 45.3. The standard InChI is InChI=1S/C24H46O7S/c1-5-9-11-15-20(13-7-3)18-30-23(25)17-22(32(27,28)29)24(26)31-19-21(14-8-4)16-12-10-6-2/h20-22H,5-19H2,1-4H3,(H,27,28,29)/p-1. The predicted octanol–water partition coefficient (Wildman–Crippen LogP) is 5.37. The minimum Gasteiger partial charge on any atom is -0.747 e. The van der Waals surface area contributed by atoms with Crippen LogP contribution in [0.5, 0.6) is 0 Å². The van der Waals surface area contributed by atoms with Gasteiger partial charge in [0.2, 0.25) is 0 Å². The molecule has 0 heterocycles. The van der Waals surface area contributed by atoms with Gasteiger partial charge in [-0.1, -0.05) is 79.1 Å². The van der Waals surface area contributed by atoms with Crippen molar-refractivity contribution < 1.29 is 32.0 Å². The van der Waals surface area contributed by atoms with Gasteiger partial charge in [0.25, 0.3) is 0 Å². The largest absolute Gasteiger partial charge is 0.747 e. The molecule has 0 saturated heterocycles. The van der Waals surface area contributed by atoms with Crippen LogP contribution in [0, 0.1) is 11.8 Å². The average Bonchev–Trinajstić information content (AvgIpc) is 2.73. The first-order chi connectivity index (χ1) is 15.2. The van der Waals surface area contributed by atoms with Gasteiger partial charge in [0.05, 0.1) is 19.6 Å². The number of unbranched alkanes of at least 4 members (excludes halogenated alkanes) is 4. The molecule has 0 rings (SSSR count). The van der Waals surface area contributed by atoms with Gasteiger partial charge in [-0.25, -0.2) is 8.42 Å². The topological polar surface area (TPSA) is 110 Å². The Balaban J connectivity index is 4.82. The van der Waals surface area contributed by atoms with E-state index in [1.807, 2.05) is 6.92 Å². The molecule has 190 valence electrons. The molecule has 0 saturated carbocycles. The molecule has 0 spiro atoms. The number of hydrogen-bond donors (Lipinski definition) is 0. The van der Waals surface area contributed by atoms with E-state index < -0.39 is 33.7 Å². The first-order valence-corrected chi connectivity index (χ1v) is 13.9. The van der Waals surface area contributed by atoms with Crippen molar-refractivity contribution in [2.45, 2.75) is 116 Å². The predicted molar refractivity (Wildman–Crippen MR) is 125 cm³/mol. The van der Waals surface area contributed by atoms with E-state index in [1.165, 1.54) is 0 Å². The first kappa shape index (κ1) is 30.9. The van der Waals surface area contributed by atoms with Crippen LogP contribution in [0.1, 0.15) is 111 Å². The Bertz CT molecular complexity index is 603. The summed E-state index contributed by atoms with van der Waals surface area (Å²) >= 11 is 0. The van der Waals surface area contributed by atoms with E-state index >= 15 is 0 Å². The molecule has 0 N–H and O–H groups in total. The zero-order valence-corrected chi connectivity index (χ0v) is 21.4. The molecule has 3 unspecified atom stereocenters. The Labute approximate surface area is 195 Å². The maximum absolute atomic E-state index is 12.4. The van der Waals surface area contributed by atoms with Crippen molar-refractivity contribution in [3.8, 4) is 0 Å². The maximum Gasteiger partial charge on any atom is 0.323 e. The molecule has 0 aliphatic heterocycles. The summed E-state index contributed by atoms with van der Waals surface area (Å²) in [5.41, 5.74) is 0. The molecule has 32 heavy (non-hydrogen) atoms. The molecule has 0 aromatic carbocycles. The van der Waals surface area contributed by atoms with Crippen LogP contribution in [0.2, 0.25) is 0 Å². The Hall–Kier alpha value is -1.15. The Morgan fingerprint density at radius 3 is 1.59 bits per heavy atom. The number of hydrogen-bond acceptors (Lipinski definition) is 7. The van der Waals surface area contributed by atoms with Crippen molar-refractivity contribution in [1.82, 2.24) is 0 Å². The monoisotopic (exact) mass is 477 g/mol. The highest BCUT2D eigenvalue weighted by atomic mass is 32.2. The molecule has 0 aromatic heterocycles. The van der Waals surface area contributed by atoms with E-state index in [-0.39, 0.29) is 25.0 Å². The fourth-order valence-electron chi connectivity index (χ4n) is 3.82. The average molecular weight is 478 g/mol. The van der Waals surface area contributed by atoms with E-state index in [0.29, 0.717) is 0 Å². The third-order valence-corrected chi connectivity index (χ3v) is 6.79. The lowest BCUT2D eigenvalue weighted by Crippen LogP contribution is -2.35. The zero-order valence-electron chi connectivity index (χ0n) is 20.6. The van der Waals surface area contributed by atoms with Gasteiger partial charge in [0.1, 0.15) is 10.1 Å². The summed E-state index contributed by atoms with van der Waals surface area (Å²) in [6, 6.07) is 0. The Morgan fingerprint density at radius 2 is 1.19 bits per heavy atom. The van der Waals surface area contributed by atoms with Crippen LogP contribution in [-0.4, -0.2) is 43.4 Å². The molecule has 0 bridgehead atoms. The minimum atomic E-state index is -5.03.